The summed E-state index contributed by atoms with van der Waals surface area (Å²) in [6.45, 7) is 6.33. The van der Waals surface area contributed by atoms with Crippen LogP contribution in [0.1, 0.15) is 0 Å². The highest BCUT2D eigenvalue weighted by Crippen LogP contribution is 1.90. The molecule has 0 aliphatic carbocycles. The normalized spacial score (nSPS) is 9.29. The summed E-state index contributed by atoms with van der Waals surface area (Å²) in [4.78, 5) is 0. The van der Waals surface area contributed by atoms with Gasteiger partial charge in [0.25, 0.3) is 0 Å². The van der Waals surface area contributed by atoms with E-state index in [1.54, 1.807) is 0 Å². The average Bonchev–Trinajstić information content (AvgIpc) is 1.61. The molecule has 0 aliphatic rings. The van der Waals surface area contributed by atoms with E-state index >= 15 is 0 Å². The minimum atomic E-state index is -0.445. The summed E-state index contributed by atoms with van der Waals surface area (Å²) >= 11 is 0. The fourth-order valence-electron chi connectivity index (χ4n) is 0.172. The van der Waals surface area contributed by atoms with Gasteiger partial charge in [-0.15, -0.1) is 0 Å². The third-order valence-electron chi connectivity index (χ3n) is 0.413. The molecule has 38 valence electrons. The van der Waals surface area contributed by atoms with Crippen LogP contribution in [-0.2, 0) is 0 Å². The van der Waals surface area contributed by atoms with Gasteiger partial charge in [-0.2, -0.15) is 0 Å². The second-order valence-corrected chi connectivity index (χ2v) is 1.04. The molecule has 0 N–H and O–H groups in total. The van der Waals surface area contributed by atoms with Gasteiger partial charge in [0.1, 0.15) is 5.83 Å². The van der Waals surface area contributed by atoms with Gasteiger partial charge >= 0.3 is 0 Å². The SMILES string of the molecule is C=CC=CC(=C)F. The van der Waals surface area contributed by atoms with Crippen molar-refractivity contribution in [3.63, 3.8) is 0 Å². The zero-order chi connectivity index (χ0) is 5.70. The van der Waals surface area contributed by atoms with Crippen molar-refractivity contribution in [1.29, 1.82) is 0 Å². The van der Waals surface area contributed by atoms with E-state index in [4.69, 9.17) is 0 Å². The fraction of sp³-hybridized carbons (Fsp3) is 0. The van der Waals surface area contributed by atoms with Crippen LogP contribution in [0.3, 0.4) is 0 Å². The van der Waals surface area contributed by atoms with Crippen LogP contribution in [0.5, 0.6) is 0 Å². The van der Waals surface area contributed by atoms with Gasteiger partial charge in [0.2, 0.25) is 0 Å². The molecule has 0 aliphatic heterocycles. The van der Waals surface area contributed by atoms with Crippen molar-refractivity contribution in [3.8, 4) is 0 Å². The van der Waals surface area contributed by atoms with Crippen molar-refractivity contribution in [2.24, 2.45) is 0 Å². The summed E-state index contributed by atoms with van der Waals surface area (Å²) < 4.78 is 11.6. The topological polar surface area (TPSA) is 0 Å². The lowest BCUT2D eigenvalue weighted by molar-refractivity contribution is 0.671. The van der Waals surface area contributed by atoms with Gasteiger partial charge in [0.05, 0.1) is 0 Å². The van der Waals surface area contributed by atoms with Gasteiger partial charge in [-0.3, -0.25) is 0 Å². The van der Waals surface area contributed by atoms with Crippen molar-refractivity contribution in [1.82, 2.24) is 0 Å². The molecule has 0 saturated carbocycles. The summed E-state index contributed by atoms with van der Waals surface area (Å²) in [7, 11) is 0. The van der Waals surface area contributed by atoms with Crippen LogP contribution in [0.4, 0.5) is 4.39 Å². The number of hydrogen-bond acceptors (Lipinski definition) is 0. The predicted octanol–water partition coefficient (Wildman–Crippen LogP) is 2.21. The summed E-state index contributed by atoms with van der Waals surface area (Å²) in [5.41, 5.74) is 0. The van der Waals surface area contributed by atoms with Gasteiger partial charge < -0.3 is 0 Å². The molecule has 0 heterocycles. The van der Waals surface area contributed by atoms with Crippen LogP contribution in [0.25, 0.3) is 0 Å². The summed E-state index contributed by atoms with van der Waals surface area (Å²) in [5, 5.41) is 0. The Morgan fingerprint density at radius 3 is 2.29 bits per heavy atom. The van der Waals surface area contributed by atoms with Crippen molar-refractivity contribution in [2.75, 3.05) is 0 Å². The van der Waals surface area contributed by atoms with Gasteiger partial charge in [0, 0.05) is 0 Å². The molecule has 0 aromatic heterocycles. The first-order valence-electron chi connectivity index (χ1n) is 1.91. The number of halogens is 1. The minimum Gasteiger partial charge on any atom is -0.208 e. The molecule has 0 unspecified atom stereocenters. The molecule has 0 radical (unpaired) electrons. The van der Waals surface area contributed by atoms with Crippen molar-refractivity contribution in [3.05, 3.63) is 37.2 Å². The standard InChI is InChI=1S/C6H7F/c1-3-4-5-6(2)7/h3-5H,1-2H2. The molecule has 0 rings (SSSR count). The lowest BCUT2D eigenvalue weighted by Gasteiger charge is -1.72. The maximum absolute atomic E-state index is 11.6. The van der Waals surface area contributed by atoms with E-state index in [9.17, 15) is 4.39 Å². The van der Waals surface area contributed by atoms with E-state index in [1.807, 2.05) is 0 Å². The maximum atomic E-state index is 11.6. The Labute approximate surface area is 42.7 Å². The first kappa shape index (κ1) is 6.15. The molecule has 0 nitrogen and oxygen atoms in total. The molecule has 0 bridgehead atoms. The molecular formula is C6H7F. The lowest BCUT2D eigenvalue weighted by atomic mass is 10.5. The largest absolute Gasteiger partial charge is 0.208 e. The van der Waals surface area contributed by atoms with Crippen LogP contribution < -0.4 is 0 Å². The number of hydrogen-bond donors (Lipinski definition) is 0. The van der Waals surface area contributed by atoms with E-state index in [-0.39, 0.29) is 0 Å². The highest BCUT2D eigenvalue weighted by molar-refractivity contribution is 5.11. The quantitative estimate of drug-likeness (QED) is 0.464. The molecule has 0 aromatic carbocycles. The van der Waals surface area contributed by atoms with Gasteiger partial charge in [-0.05, 0) is 6.08 Å². The second kappa shape index (κ2) is 3.34. The Morgan fingerprint density at radius 2 is 2.14 bits per heavy atom. The van der Waals surface area contributed by atoms with E-state index < -0.39 is 5.83 Å². The summed E-state index contributed by atoms with van der Waals surface area (Å²) in [6.07, 6.45) is 4.22. The fourth-order valence-corrected chi connectivity index (χ4v) is 0.172. The minimum absolute atomic E-state index is 0.445. The molecule has 0 atom stereocenters. The first-order chi connectivity index (χ1) is 3.27. The van der Waals surface area contributed by atoms with Gasteiger partial charge in [0.15, 0.2) is 0 Å². The van der Waals surface area contributed by atoms with Crippen LogP contribution in [0, 0.1) is 0 Å². The molecule has 1 heteroatoms. The average molecular weight is 98.1 g/mol. The molecule has 0 aromatic rings. The van der Waals surface area contributed by atoms with E-state index in [1.165, 1.54) is 18.2 Å². The Balaban J connectivity index is 3.46. The predicted molar refractivity (Wildman–Crippen MR) is 29.6 cm³/mol. The Hall–Kier alpha value is -0.850. The number of rotatable bonds is 2. The van der Waals surface area contributed by atoms with E-state index in [2.05, 4.69) is 13.2 Å². The molecule has 0 spiro atoms. The molecule has 7 heavy (non-hydrogen) atoms. The summed E-state index contributed by atoms with van der Waals surface area (Å²) in [5.74, 6) is -0.445. The maximum Gasteiger partial charge on any atom is 0.116 e. The first-order valence-corrected chi connectivity index (χ1v) is 1.91. The Bertz CT molecular complexity index is 101. The molecular weight excluding hydrogens is 91.1 g/mol. The van der Waals surface area contributed by atoms with Crippen molar-refractivity contribution in [2.45, 2.75) is 0 Å². The van der Waals surface area contributed by atoms with Gasteiger partial charge in [-0.1, -0.05) is 25.3 Å². The van der Waals surface area contributed by atoms with E-state index in [0.29, 0.717) is 0 Å². The van der Waals surface area contributed by atoms with Crippen LogP contribution in [0.2, 0.25) is 0 Å². The lowest BCUT2D eigenvalue weighted by Crippen LogP contribution is -1.52. The van der Waals surface area contributed by atoms with Crippen LogP contribution >= 0.6 is 0 Å². The Morgan fingerprint density at radius 1 is 1.57 bits per heavy atom. The third kappa shape index (κ3) is 5.15. The monoisotopic (exact) mass is 98.1 g/mol. The molecule has 0 amide bonds. The third-order valence-corrected chi connectivity index (χ3v) is 0.413. The van der Waals surface area contributed by atoms with Crippen LogP contribution in [0.15, 0.2) is 37.2 Å². The zero-order valence-corrected chi connectivity index (χ0v) is 4.02. The van der Waals surface area contributed by atoms with Crippen molar-refractivity contribution < 1.29 is 4.39 Å². The van der Waals surface area contributed by atoms with Gasteiger partial charge in [-0.25, -0.2) is 4.39 Å². The summed E-state index contributed by atoms with van der Waals surface area (Å²) in [6, 6.07) is 0. The second-order valence-electron chi connectivity index (χ2n) is 1.04. The highest BCUT2D eigenvalue weighted by atomic mass is 19.1. The molecule has 0 saturated heterocycles. The smallest absolute Gasteiger partial charge is 0.116 e. The Kier molecular flexibility index (Phi) is 2.94. The zero-order valence-electron chi connectivity index (χ0n) is 4.02. The number of allylic oxidation sites excluding steroid dienone is 4. The molecule has 0 fully saturated rings. The van der Waals surface area contributed by atoms with Crippen LogP contribution in [-0.4, -0.2) is 0 Å². The van der Waals surface area contributed by atoms with Crippen molar-refractivity contribution >= 4 is 0 Å². The van der Waals surface area contributed by atoms with E-state index in [0.717, 1.165) is 0 Å². The highest BCUT2D eigenvalue weighted by Gasteiger charge is 1.71.